The van der Waals surface area contributed by atoms with Crippen LogP contribution in [0.15, 0.2) is 24.3 Å². The molecule has 0 atom stereocenters. The fraction of sp³-hybridized carbons (Fsp3) is 0.308. The van der Waals surface area contributed by atoms with Gasteiger partial charge in [0.15, 0.2) is 0 Å². The first-order valence-electron chi connectivity index (χ1n) is 4.75. The molecule has 0 aromatic heterocycles. The zero-order chi connectivity index (χ0) is 13.7. The summed E-state index contributed by atoms with van der Waals surface area (Å²) in [5, 5.41) is 0. The van der Waals surface area contributed by atoms with E-state index in [0.29, 0.717) is 6.42 Å². The summed E-state index contributed by atoms with van der Waals surface area (Å²) in [5.41, 5.74) is 1.18. The number of carbonyl (C=O) groups is 1. The zero-order valence-electron chi connectivity index (χ0n) is 10.3. The van der Waals surface area contributed by atoms with E-state index in [0.717, 1.165) is 12.2 Å². The van der Waals surface area contributed by atoms with Crippen LogP contribution in [0.5, 0.6) is 5.75 Å². The molecular formula is C13H14CrO4. The van der Waals surface area contributed by atoms with E-state index in [-0.39, 0.29) is 23.1 Å². The molecule has 0 spiro atoms. The van der Waals surface area contributed by atoms with Gasteiger partial charge in [-0.2, -0.15) is 0 Å². The second-order valence-corrected chi connectivity index (χ2v) is 3.05. The Bertz CT molecular complexity index is 309. The van der Waals surface area contributed by atoms with Crippen LogP contribution in [0.25, 0.3) is 0 Å². The van der Waals surface area contributed by atoms with Crippen LogP contribution in [0.2, 0.25) is 0 Å². The quantitative estimate of drug-likeness (QED) is 0.840. The summed E-state index contributed by atoms with van der Waals surface area (Å²) in [6, 6.07) is 7.80. The fourth-order valence-corrected chi connectivity index (χ4v) is 1.11. The van der Waals surface area contributed by atoms with Crippen LogP contribution in [0.4, 0.5) is 0 Å². The first-order chi connectivity index (χ1) is 8.22. The number of ether oxygens (including phenoxy) is 1. The number of benzene rings is 1. The second-order valence-electron chi connectivity index (χ2n) is 3.05. The van der Waals surface area contributed by atoms with Crippen LogP contribution in [-0.4, -0.2) is 26.5 Å². The molecule has 0 heterocycles. The normalized spacial score (nSPS) is 7.44. The Morgan fingerprint density at radius 3 is 1.89 bits per heavy atom. The standard InChI is InChI=1S/C11H14O2.2CO.Cr/c1-9(12)3-4-10-5-7-11(13-2)8-6-10;2*1-2;/h5-8H,3-4H2,1-2H3;;;. The molecule has 0 aliphatic heterocycles. The number of methoxy groups -OCH3 is 1. The maximum Gasteiger partial charge on any atom is 0.281 e. The maximum absolute atomic E-state index is 10.7. The van der Waals surface area contributed by atoms with Gasteiger partial charge < -0.3 is 9.53 Å². The van der Waals surface area contributed by atoms with E-state index in [1.807, 2.05) is 24.3 Å². The Morgan fingerprint density at radius 2 is 1.56 bits per heavy atom. The third-order valence-corrected chi connectivity index (χ3v) is 1.92. The number of Topliss-reactive ketones (excluding diaryl/α,β-unsaturated/α-hetero) is 1. The minimum Gasteiger partial charge on any atom is -0.497 e. The van der Waals surface area contributed by atoms with Gasteiger partial charge in [-0.15, -0.1) is 0 Å². The Morgan fingerprint density at radius 1 is 1.11 bits per heavy atom. The molecule has 4 nitrogen and oxygen atoms in total. The average Bonchev–Trinajstić information content (AvgIpc) is 2.41. The van der Waals surface area contributed by atoms with Crippen molar-refractivity contribution in [1.29, 1.82) is 0 Å². The minimum absolute atomic E-state index is 0. The largest absolute Gasteiger partial charge is 0.497 e. The fourth-order valence-electron chi connectivity index (χ4n) is 1.11. The Balaban J connectivity index is -0.000000409. The van der Waals surface area contributed by atoms with Crippen molar-refractivity contribution in [3.05, 3.63) is 29.8 Å². The molecule has 0 bridgehead atoms. The maximum atomic E-state index is 10.7. The first-order valence-corrected chi connectivity index (χ1v) is 4.75. The third-order valence-electron chi connectivity index (χ3n) is 1.92. The number of hydrogen-bond donors (Lipinski definition) is 0. The smallest absolute Gasteiger partial charge is 0.281 e. The van der Waals surface area contributed by atoms with E-state index in [1.54, 1.807) is 14.0 Å². The molecule has 0 saturated heterocycles. The molecule has 1 aromatic rings. The van der Waals surface area contributed by atoms with Crippen LogP contribution in [0, 0.1) is 0 Å². The third kappa shape index (κ3) is 11.1. The summed E-state index contributed by atoms with van der Waals surface area (Å²) < 4.78 is 5.03. The van der Waals surface area contributed by atoms with Crippen molar-refractivity contribution in [2.45, 2.75) is 19.8 Å². The van der Waals surface area contributed by atoms with Crippen LogP contribution >= 0.6 is 0 Å². The van der Waals surface area contributed by atoms with Gasteiger partial charge in [-0.25, -0.2) is 0 Å². The van der Waals surface area contributed by atoms with Gasteiger partial charge in [0, 0.05) is 23.8 Å². The van der Waals surface area contributed by atoms with Gasteiger partial charge in [0.1, 0.15) is 11.5 Å². The monoisotopic (exact) mass is 286 g/mol. The van der Waals surface area contributed by atoms with Crippen LogP contribution in [0.3, 0.4) is 0 Å². The molecule has 1 rings (SSSR count). The van der Waals surface area contributed by atoms with Crippen molar-refractivity contribution < 1.29 is 36.5 Å². The summed E-state index contributed by atoms with van der Waals surface area (Å²) in [6.45, 7) is 10.6. The van der Waals surface area contributed by atoms with E-state index in [2.05, 4.69) is 13.6 Å². The Hall–Kier alpha value is -1.44. The van der Waals surface area contributed by atoms with Gasteiger partial charge >= 0.3 is 0 Å². The van der Waals surface area contributed by atoms with Crippen molar-refractivity contribution in [3.8, 4) is 5.75 Å². The van der Waals surface area contributed by atoms with Crippen molar-refractivity contribution >= 4 is 19.4 Å². The molecule has 0 aliphatic rings. The van der Waals surface area contributed by atoms with Crippen molar-refractivity contribution in [3.63, 3.8) is 0 Å². The van der Waals surface area contributed by atoms with Crippen LogP contribution < -0.4 is 4.74 Å². The average molecular weight is 286 g/mol. The minimum atomic E-state index is 0. The molecule has 0 unspecified atom stereocenters. The van der Waals surface area contributed by atoms with E-state index in [9.17, 15) is 4.79 Å². The van der Waals surface area contributed by atoms with Crippen molar-refractivity contribution in [1.82, 2.24) is 0 Å². The summed E-state index contributed by atoms with van der Waals surface area (Å²) >= 11 is 0. The van der Waals surface area contributed by atoms with E-state index < -0.39 is 0 Å². The number of ketones is 1. The van der Waals surface area contributed by atoms with E-state index in [4.69, 9.17) is 14.3 Å². The SMILES string of the molecule is COc1ccc(CCC(C)=O)cc1.[C]=O.[C]=O.[Cr]. The predicted octanol–water partition coefficient (Wildman–Crippen LogP) is 1.42. The first kappa shape index (κ1) is 21.8. The molecule has 5 heteroatoms. The van der Waals surface area contributed by atoms with Crippen LogP contribution in [0.1, 0.15) is 18.9 Å². The number of aryl methyl sites for hydroxylation is 1. The topological polar surface area (TPSA) is 60.4 Å². The molecule has 0 N–H and O–H groups in total. The molecule has 96 valence electrons. The predicted molar refractivity (Wildman–Crippen MR) is 63.4 cm³/mol. The van der Waals surface area contributed by atoms with E-state index in [1.165, 1.54) is 5.56 Å². The molecule has 1 aromatic carbocycles. The van der Waals surface area contributed by atoms with Gasteiger partial charge in [-0.1, -0.05) is 12.1 Å². The molecule has 0 amide bonds. The molecule has 0 fully saturated rings. The van der Waals surface area contributed by atoms with Gasteiger partial charge in [-0.3, -0.25) is 9.59 Å². The summed E-state index contributed by atoms with van der Waals surface area (Å²) in [5.74, 6) is 1.09. The summed E-state index contributed by atoms with van der Waals surface area (Å²) in [7, 11) is 1.64. The number of rotatable bonds is 4. The van der Waals surface area contributed by atoms with Gasteiger partial charge in [0.25, 0.3) is 13.6 Å². The molecule has 0 aliphatic carbocycles. The molecule has 4 radical (unpaired) electrons. The second kappa shape index (κ2) is 15.6. The van der Waals surface area contributed by atoms with Gasteiger partial charge in [0.2, 0.25) is 0 Å². The van der Waals surface area contributed by atoms with Gasteiger partial charge in [0.05, 0.1) is 7.11 Å². The Labute approximate surface area is 118 Å². The van der Waals surface area contributed by atoms with Crippen LogP contribution in [-0.2, 0) is 38.2 Å². The zero-order valence-corrected chi connectivity index (χ0v) is 11.5. The summed E-state index contributed by atoms with van der Waals surface area (Å²) in [6.07, 6.45) is 1.44. The molecule has 0 saturated carbocycles. The summed E-state index contributed by atoms with van der Waals surface area (Å²) in [4.78, 5) is 25.7. The van der Waals surface area contributed by atoms with Crippen molar-refractivity contribution in [2.24, 2.45) is 0 Å². The van der Waals surface area contributed by atoms with Gasteiger partial charge in [-0.05, 0) is 31.0 Å². The number of carbonyl (C=O) groups excluding carboxylic acids is 3. The molecule has 18 heavy (non-hydrogen) atoms. The number of hydrogen-bond acceptors (Lipinski definition) is 4. The van der Waals surface area contributed by atoms with Crippen molar-refractivity contribution in [2.75, 3.05) is 7.11 Å². The molecular weight excluding hydrogens is 272 g/mol. The Kier molecular flexibility index (Phi) is 18.9. The van der Waals surface area contributed by atoms with E-state index >= 15 is 0 Å².